The number of carboxylic acids is 1. The van der Waals surface area contributed by atoms with Crippen LogP contribution >= 0.6 is 34.8 Å². The molecule has 0 bridgehead atoms. The minimum absolute atomic E-state index is 0.00255. The molecule has 0 fully saturated rings. The van der Waals surface area contributed by atoms with Crippen molar-refractivity contribution in [3.05, 3.63) is 73.9 Å². The molecule has 1 atom stereocenters. The number of ketones is 1. The van der Waals surface area contributed by atoms with Crippen molar-refractivity contribution in [1.82, 2.24) is 0 Å². The van der Waals surface area contributed by atoms with Crippen molar-refractivity contribution in [3.8, 4) is 0 Å². The number of anilines is 1. The van der Waals surface area contributed by atoms with Gasteiger partial charge in [-0.2, -0.15) is 0 Å². The SMILES string of the molecule is O=C1CCCC2=C1C(c1c(Cl)cccc1Cl)CC(=O)N2c1cc(C(=O)O)ccc1Cl. The van der Waals surface area contributed by atoms with Crippen molar-refractivity contribution in [2.45, 2.75) is 31.6 Å². The molecule has 1 unspecified atom stereocenters. The number of carboxylic acid groups (broad SMARTS) is 1. The van der Waals surface area contributed by atoms with Gasteiger partial charge in [0.05, 0.1) is 16.3 Å². The summed E-state index contributed by atoms with van der Waals surface area (Å²) < 4.78 is 0. The van der Waals surface area contributed by atoms with Crippen LogP contribution in [0.1, 0.15) is 47.5 Å². The van der Waals surface area contributed by atoms with Crippen LogP contribution in [0.15, 0.2) is 47.7 Å². The highest BCUT2D eigenvalue weighted by atomic mass is 35.5. The Morgan fingerprint density at radius 1 is 1.00 bits per heavy atom. The molecule has 0 saturated heterocycles. The van der Waals surface area contributed by atoms with Crippen molar-refractivity contribution in [2.75, 3.05) is 4.90 Å². The maximum absolute atomic E-state index is 13.3. The summed E-state index contributed by atoms with van der Waals surface area (Å²) in [4.78, 5) is 39.1. The Morgan fingerprint density at radius 2 is 1.70 bits per heavy atom. The number of allylic oxidation sites excluding steroid dienone is 2. The fourth-order valence-corrected chi connectivity index (χ4v) is 5.04. The number of hydrogen-bond acceptors (Lipinski definition) is 3. The van der Waals surface area contributed by atoms with Gasteiger partial charge in [0.2, 0.25) is 5.91 Å². The van der Waals surface area contributed by atoms with Gasteiger partial charge in [-0.05, 0) is 48.7 Å². The Bertz CT molecular complexity index is 1110. The normalized spacial score (nSPS) is 19.2. The smallest absolute Gasteiger partial charge is 0.335 e. The molecule has 2 aromatic rings. The number of rotatable bonds is 3. The van der Waals surface area contributed by atoms with Crippen LogP contribution in [0, 0.1) is 0 Å². The number of hydrogen-bond donors (Lipinski definition) is 1. The van der Waals surface area contributed by atoms with E-state index in [-0.39, 0.29) is 34.4 Å². The van der Waals surface area contributed by atoms with Gasteiger partial charge >= 0.3 is 5.97 Å². The number of halogens is 3. The molecule has 30 heavy (non-hydrogen) atoms. The van der Waals surface area contributed by atoms with E-state index < -0.39 is 11.9 Å². The summed E-state index contributed by atoms with van der Waals surface area (Å²) in [5.74, 6) is -2.06. The third-order valence-corrected chi connectivity index (χ3v) is 6.44. The Morgan fingerprint density at radius 3 is 2.37 bits per heavy atom. The second-order valence-corrected chi connectivity index (χ2v) is 8.45. The van der Waals surface area contributed by atoms with E-state index in [1.54, 1.807) is 18.2 Å². The number of benzene rings is 2. The molecule has 1 heterocycles. The minimum atomic E-state index is -1.13. The van der Waals surface area contributed by atoms with Gasteiger partial charge in [0.1, 0.15) is 0 Å². The number of aromatic carboxylic acids is 1. The lowest BCUT2D eigenvalue weighted by atomic mass is 9.77. The summed E-state index contributed by atoms with van der Waals surface area (Å²) in [5, 5.41) is 10.4. The zero-order valence-electron chi connectivity index (χ0n) is 15.6. The van der Waals surface area contributed by atoms with Gasteiger partial charge in [-0.3, -0.25) is 14.5 Å². The fraction of sp³-hybridized carbons (Fsp3) is 0.227. The minimum Gasteiger partial charge on any atom is -0.478 e. The van der Waals surface area contributed by atoms with Crippen LogP contribution in [-0.2, 0) is 9.59 Å². The molecule has 4 rings (SSSR count). The topological polar surface area (TPSA) is 74.7 Å². The Balaban J connectivity index is 1.93. The van der Waals surface area contributed by atoms with Gasteiger partial charge in [-0.1, -0.05) is 40.9 Å². The second kappa shape index (κ2) is 8.06. The van der Waals surface area contributed by atoms with E-state index in [0.717, 1.165) is 0 Å². The van der Waals surface area contributed by atoms with E-state index in [1.807, 2.05) is 0 Å². The quantitative estimate of drug-likeness (QED) is 0.616. The first-order valence-electron chi connectivity index (χ1n) is 9.35. The molecule has 1 aliphatic heterocycles. The molecule has 1 N–H and O–H groups in total. The summed E-state index contributed by atoms with van der Waals surface area (Å²) >= 11 is 19.1. The Labute approximate surface area is 187 Å². The van der Waals surface area contributed by atoms with E-state index in [1.165, 1.54) is 23.1 Å². The second-order valence-electron chi connectivity index (χ2n) is 7.23. The number of amides is 1. The Hall–Kier alpha value is -2.34. The molecular weight excluding hydrogens is 449 g/mol. The predicted molar refractivity (Wildman–Crippen MR) is 116 cm³/mol. The van der Waals surface area contributed by atoms with Crippen LogP contribution in [0.2, 0.25) is 15.1 Å². The lowest BCUT2D eigenvalue weighted by molar-refractivity contribution is -0.119. The molecular formula is C22H16Cl3NO4. The van der Waals surface area contributed by atoms with Crippen LogP contribution in [0.3, 0.4) is 0 Å². The number of carbonyl (C=O) groups is 3. The summed E-state index contributed by atoms with van der Waals surface area (Å²) in [6, 6.07) is 9.24. The first-order chi connectivity index (χ1) is 14.3. The van der Waals surface area contributed by atoms with Crippen molar-refractivity contribution in [3.63, 3.8) is 0 Å². The number of Topliss-reactive ketones (excluding diaryl/α,β-unsaturated/α-hetero) is 1. The summed E-state index contributed by atoms with van der Waals surface area (Å²) in [6.07, 6.45) is 1.41. The van der Waals surface area contributed by atoms with Crippen molar-refractivity contribution < 1.29 is 19.5 Å². The molecule has 5 nitrogen and oxygen atoms in total. The molecule has 1 aliphatic carbocycles. The molecule has 0 saturated carbocycles. The van der Waals surface area contributed by atoms with E-state index in [0.29, 0.717) is 46.1 Å². The van der Waals surface area contributed by atoms with Crippen LogP contribution in [-0.4, -0.2) is 22.8 Å². The maximum Gasteiger partial charge on any atom is 0.335 e. The molecule has 0 spiro atoms. The van der Waals surface area contributed by atoms with Crippen LogP contribution in [0.5, 0.6) is 0 Å². The molecule has 2 aliphatic rings. The maximum atomic E-state index is 13.3. The average molecular weight is 465 g/mol. The molecule has 1 amide bonds. The zero-order chi connectivity index (χ0) is 21.6. The van der Waals surface area contributed by atoms with E-state index in [2.05, 4.69) is 0 Å². The number of nitrogens with zero attached hydrogens (tertiary/aromatic N) is 1. The third-order valence-electron chi connectivity index (χ3n) is 5.46. The van der Waals surface area contributed by atoms with Gasteiger partial charge in [0.25, 0.3) is 0 Å². The van der Waals surface area contributed by atoms with E-state index in [9.17, 15) is 19.5 Å². The molecule has 8 heteroatoms. The molecule has 0 radical (unpaired) electrons. The van der Waals surface area contributed by atoms with Crippen molar-refractivity contribution in [1.29, 1.82) is 0 Å². The lowest BCUT2D eigenvalue weighted by Crippen LogP contribution is -2.41. The highest BCUT2D eigenvalue weighted by Gasteiger charge is 2.41. The summed E-state index contributed by atoms with van der Waals surface area (Å²) in [5.41, 5.74) is 1.85. The van der Waals surface area contributed by atoms with E-state index >= 15 is 0 Å². The first kappa shape index (κ1) is 20.9. The molecule has 0 aromatic heterocycles. The van der Waals surface area contributed by atoms with E-state index in [4.69, 9.17) is 34.8 Å². The van der Waals surface area contributed by atoms with Gasteiger partial charge in [0.15, 0.2) is 5.78 Å². The lowest BCUT2D eigenvalue weighted by Gasteiger charge is -2.39. The van der Waals surface area contributed by atoms with Crippen LogP contribution < -0.4 is 4.90 Å². The fourth-order valence-electron chi connectivity index (χ4n) is 4.18. The van der Waals surface area contributed by atoms with Crippen molar-refractivity contribution >= 4 is 58.1 Å². The van der Waals surface area contributed by atoms with Crippen LogP contribution in [0.4, 0.5) is 5.69 Å². The van der Waals surface area contributed by atoms with Gasteiger partial charge in [-0.15, -0.1) is 0 Å². The first-order valence-corrected chi connectivity index (χ1v) is 10.5. The zero-order valence-corrected chi connectivity index (χ0v) is 17.9. The molecule has 154 valence electrons. The van der Waals surface area contributed by atoms with Gasteiger partial charge in [0, 0.05) is 40.1 Å². The Kier molecular flexibility index (Phi) is 5.62. The molecule has 2 aromatic carbocycles. The van der Waals surface area contributed by atoms with Crippen LogP contribution in [0.25, 0.3) is 0 Å². The van der Waals surface area contributed by atoms with Gasteiger partial charge < -0.3 is 5.11 Å². The van der Waals surface area contributed by atoms with Gasteiger partial charge in [-0.25, -0.2) is 4.79 Å². The highest BCUT2D eigenvalue weighted by Crippen LogP contribution is 2.47. The predicted octanol–water partition coefficient (Wildman–Crippen LogP) is 5.87. The third kappa shape index (κ3) is 3.51. The largest absolute Gasteiger partial charge is 0.478 e. The monoisotopic (exact) mass is 463 g/mol. The standard InChI is InChI=1S/C22H16Cl3NO4/c23-13-8-7-11(22(29)30)9-17(13)26-16-5-2-6-18(27)21(16)12(10-19(26)28)20-14(24)3-1-4-15(20)25/h1,3-4,7-9,12H,2,5-6,10H2,(H,29,30). The summed E-state index contributed by atoms with van der Waals surface area (Å²) in [6.45, 7) is 0. The highest BCUT2D eigenvalue weighted by molar-refractivity contribution is 6.36. The average Bonchev–Trinajstić information content (AvgIpc) is 2.68. The summed E-state index contributed by atoms with van der Waals surface area (Å²) in [7, 11) is 0. The van der Waals surface area contributed by atoms with Crippen molar-refractivity contribution in [2.24, 2.45) is 0 Å². The number of carbonyl (C=O) groups excluding carboxylic acids is 2.